The number of thioether (sulfide) groups is 1. The van der Waals surface area contributed by atoms with Crippen molar-refractivity contribution in [1.29, 1.82) is 0 Å². The summed E-state index contributed by atoms with van der Waals surface area (Å²) in [6.45, 7) is 5.96. The topological polar surface area (TPSA) is 12.0 Å². The van der Waals surface area contributed by atoms with Crippen LogP contribution in [0.25, 0.3) is 0 Å². The van der Waals surface area contributed by atoms with Crippen molar-refractivity contribution in [1.82, 2.24) is 5.32 Å². The van der Waals surface area contributed by atoms with Crippen LogP contribution in [0.2, 0.25) is 0 Å². The standard InChI is InChI=1S/C17H27NS/c1-17(2)11-6-7-15(10-12-17)18-13-14-19-16-8-4-3-5-9-16/h3-5,8-9,15,18H,6-7,10-14H2,1-2H3. The first-order valence-corrected chi connectivity index (χ1v) is 8.55. The number of rotatable bonds is 5. The van der Waals surface area contributed by atoms with Gasteiger partial charge in [-0.3, -0.25) is 0 Å². The molecule has 1 N–H and O–H groups in total. The van der Waals surface area contributed by atoms with Gasteiger partial charge in [-0.05, 0) is 43.2 Å². The summed E-state index contributed by atoms with van der Waals surface area (Å²) in [5.41, 5.74) is 0.565. The van der Waals surface area contributed by atoms with Gasteiger partial charge < -0.3 is 5.32 Å². The minimum Gasteiger partial charge on any atom is -0.313 e. The van der Waals surface area contributed by atoms with E-state index in [9.17, 15) is 0 Å². The van der Waals surface area contributed by atoms with Crippen molar-refractivity contribution in [3.8, 4) is 0 Å². The minimum absolute atomic E-state index is 0.565. The maximum Gasteiger partial charge on any atom is 0.0106 e. The van der Waals surface area contributed by atoms with Crippen molar-refractivity contribution in [2.45, 2.75) is 56.9 Å². The molecule has 1 aliphatic carbocycles. The summed E-state index contributed by atoms with van der Waals surface area (Å²) in [5, 5.41) is 3.75. The zero-order valence-electron chi connectivity index (χ0n) is 12.3. The Labute approximate surface area is 122 Å². The Bertz CT molecular complexity index is 361. The number of benzene rings is 1. The second-order valence-corrected chi connectivity index (χ2v) is 7.58. The van der Waals surface area contributed by atoms with Gasteiger partial charge in [0.2, 0.25) is 0 Å². The lowest BCUT2D eigenvalue weighted by atomic mass is 9.85. The second kappa shape index (κ2) is 7.35. The Morgan fingerprint density at radius 3 is 2.74 bits per heavy atom. The molecule has 0 amide bonds. The molecule has 0 aromatic heterocycles. The third kappa shape index (κ3) is 5.58. The van der Waals surface area contributed by atoms with Crippen LogP contribution >= 0.6 is 11.8 Å². The van der Waals surface area contributed by atoms with E-state index in [1.165, 1.54) is 42.8 Å². The summed E-state index contributed by atoms with van der Waals surface area (Å²) < 4.78 is 0. The van der Waals surface area contributed by atoms with Gasteiger partial charge in [0.1, 0.15) is 0 Å². The second-order valence-electron chi connectivity index (χ2n) is 6.41. The van der Waals surface area contributed by atoms with Gasteiger partial charge in [0, 0.05) is 23.2 Å². The summed E-state index contributed by atoms with van der Waals surface area (Å²) in [6, 6.07) is 11.4. The summed E-state index contributed by atoms with van der Waals surface area (Å²) in [4.78, 5) is 1.38. The molecule has 1 saturated carbocycles. The highest BCUT2D eigenvalue weighted by Gasteiger charge is 2.23. The smallest absolute Gasteiger partial charge is 0.0106 e. The predicted molar refractivity (Wildman–Crippen MR) is 85.8 cm³/mol. The van der Waals surface area contributed by atoms with Crippen LogP contribution < -0.4 is 5.32 Å². The number of nitrogens with one attached hydrogen (secondary N) is 1. The van der Waals surface area contributed by atoms with Crippen LogP contribution in [-0.4, -0.2) is 18.3 Å². The van der Waals surface area contributed by atoms with Gasteiger partial charge in [-0.15, -0.1) is 11.8 Å². The first kappa shape index (κ1) is 14.9. The van der Waals surface area contributed by atoms with Gasteiger partial charge in [-0.25, -0.2) is 0 Å². The van der Waals surface area contributed by atoms with Gasteiger partial charge in [-0.1, -0.05) is 38.5 Å². The molecule has 0 saturated heterocycles. The highest BCUT2D eigenvalue weighted by atomic mass is 32.2. The summed E-state index contributed by atoms with van der Waals surface area (Å²) in [7, 11) is 0. The van der Waals surface area contributed by atoms with Gasteiger partial charge in [-0.2, -0.15) is 0 Å². The lowest BCUT2D eigenvalue weighted by molar-refractivity contribution is 0.310. The number of hydrogen-bond acceptors (Lipinski definition) is 2. The lowest BCUT2D eigenvalue weighted by Gasteiger charge is -2.22. The van der Waals surface area contributed by atoms with Crippen molar-refractivity contribution in [2.75, 3.05) is 12.3 Å². The van der Waals surface area contributed by atoms with Gasteiger partial charge in [0.15, 0.2) is 0 Å². The zero-order chi connectivity index (χ0) is 13.6. The molecule has 1 nitrogen and oxygen atoms in total. The quantitative estimate of drug-likeness (QED) is 0.474. The molecule has 1 aromatic carbocycles. The largest absolute Gasteiger partial charge is 0.313 e. The molecular formula is C17H27NS. The van der Waals surface area contributed by atoms with E-state index in [1.807, 2.05) is 11.8 Å². The first-order valence-electron chi connectivity index (χ1n) is 7.57. The maximum absolute atomic E-state index is 3.75. The fraction of sp³-hybridized carbons (Fsp3) is 0.647. The molecule has 1 aliphatic rings. The third-order valence-electron chi connectivity index (χ3n) is 4.12. The van der Waals surface area contributed by atoms with E-state index in [1.54, 1.807) is 0 Å². The molecule has 0 heterocycles. The molecular weight excluding hydrogens is 250 g/mol. The Balaban J connectivity index is 1.63. The SMILES string of the molecule is CC1(C)CCCC(NCCSc2ccccc2)CC1. The fourth-order valence-electron chi connectivity index (χ4n) is 2.81. The summed E-state index contributed by atoms with van der Waals surface area (Å²) in [5.74, 6) is 1.17. The Morgan fingerprint density at radius 1 is 1.16 bits per heavy atom. The summed E-state index contributed by atoms with van der Waals surface area (Å²) in [6.07, 6.45) is 6.86. The molecule has 106 valence electrons. The number of hydrogen-bond donors (Lipinski definition) is 1. The van der Waals surface area contributed by atoms with E-state index in [-0.39, 0.29) is 0 Å². The van der Waals surface area contributed by atoms with Crippen LogP contribution in [-0.2, 0) is 0 Å². The predicted octanol–water partition coefficient (Wildman–Crippen LogP) is 4.73. The Kier molecular flexibility index (Phi) is 5.77. The van der Waals surface area contributed by atoms with Crippen molar-refractivity contribution >= 4 is 11.8 Å². The van der Waals surface area contributed by atoms with Crippen molar-refractivity contribution in [2.24, 2.45) is 5.41 Å². The normalized spacial score (nSPS) is 22.9. The molecule has 0 aliphatic heterocycles. The monoisotopic (exact) mass is 277 g/mol. The van der Waals surface area contributed by atoms with Crippen LogP contribution in [0.15, 0.2) is 35.2 Å². The van der Waals surface area contributed by atoms with Crippen molar-refractivity contribution < 1.29 is 0 Å². The average molecular weight is 277 g/mol. The highest BCUT2D eigenvalue weighted by molar-refractivity contribution is 7.99. The van der Waals surface area contributed by atoms with Crippen LogP contribution in [0.1, 0.15) is 46.0 Å². The Morgan fingerprint density at radius 2 is 1.95 bits per heavy atom. The molecule has 2 rings (SSSR count). The molecule has 19 heavy (non-hydrogen) atoms. The van der Waals surface area contributed by atoms with E-state index >= 15 is 0 Å². The van der Waals surface area contributed by atoms with E-state index in [0.29, 0.717) is 5.41 Å². The lowest BCUT2D eigenvalue weighted by Crippen LogP contribution is -2.30. The molecule has 0 bridgehead atoms. The van der Waals surface area contributed by atoms with Crippen LogP contribution in [0.5, 0.6) is 0 Å². The van der Waals surface area contributed by atoms with E-state index in [0.717, 1.165) is 12.6 Å². The molecule has 1 atom stereocenters. The maximum atomic E-state index is 3.75. The van der Waals surface area contributed by atoms with E-state index < -0.39 is 0 Å². The zero-order valence-corrected chi connectivity index (χ0v) is 13.1. The van der Waals surface area contributed by atoms with Gasteiger partial charge in [0.25, 0.3) is 0 Å². The van der Waals surface area contributed by atoms with Crippen molar-refractivity contribution in [3.05, 3.63) is 30.3 Å². The molecule has 0 spiro atoms. The highest BCUT2D eigenvalue weighted by Crippen LogP contribution is 2.33. The first-order chi connectivity index (χ1) is 9.16. The van der Waals surface area contributed by atoms with Crippen LogP contribution in [0.4, 0.5) is 0 Å². The Hall–Kier alpha value is -0.470. The summed E-state index contributed by atoms with van der Waals surface area (Å²) >= 11 is 1.95. The molecule has 1 fully saturated rings. The third-order valence-corrected chi connectivity index (χ3v) is 5.14. The van der Waals surface area contributed by atoms with E-state index in [4.69, 9.17) is 0 Å². The minimum atomic E-state index is 0.565. The van der Waals surface area contributed by atoms with Gasteiger partial charge in [0.05, 0.1) is 0 Å². The van der Waals surface area contributed by atoms with Crippen LogP contribution in [0.3, 0.4) is 0 Å². The van der Waals surface area contributed by atoms with E-state index in [2.05, 4.69) is 49.5 Å². The van der Waals surface area contributed by atoms with Crippen LogP contribution in [0, 0.1) is 5.41 Å². The molecule has 0 radical (unpaired) electrons. The van der Waals surface area contributed by atoms with Crippen molar-refractivity contribution in [3.63, 3.8) is 0 Å². The molecule has 1 unspecified atom stereocenters. The van der Waals surface area contributed by atoms with Gasteiger partial charge >= 0.3 is 0 Å². The average Bonchev–Trinajstić information content (AvgIpc) is 2.57. The molecule has 2 heteroatoms. The fourth-order valence-corrected chi connectivity index (χ4v) is 3.62. The molecule has 1 aromatic rings.